The van der Waals surface area contributed by atoms with E-state index in [1.807, 2.05) is 17.7 Å². The number of nitrogens with zero attached hydrogens (tertiary/aromatic N) is 4. The van der Waals surface area contributed by atoms with Crippen LogP contribution in [0.1, 0.15) is 27.2 Å². The lowest BCUT2D eigenvalue weighted by Gasteiger charge is -2.36. The number of hydrogen-bond acceptors (Lipinski definition) is 8. The molecule has 3 heterocycles. The van der Waals surface area contributed by atoms with Crippen LogP contribution in [0.3, 0.4) is 0 Å². The van der Waals surface area contributed by atoms with Gasteiger partial charge in [0.05, 0.1) is 42.9 Å². The van der Waals surface area contributed by atoms with Crippen molar-refractivity contribution in [2.75, 3.05) is 18.6 Å². The van der Waals surface area contributed by atoms with Crippen molar-refractivity contribution in [1.29, 1.82) is 5.26 Å². The maximum Gasteiger partial charge on any atom is 0.340 e. The Bertz CT molecular complexity index is 1310. The molecule has 3 aromatic rings. The highest BCUT2D eigenvalue weighted by molar-refractivity contribution is 7.91. The van der Waals surface area contributed by atoms with Gasteiger partial charge in [-0.25, -0.2) is 22.9 Å². The number of carbonyl (C=O) groups excluding carboxylic acids is 1. The normalized spacial score (nSPS) is 15.8. The number of anilines is 1. The highest BCUT2D eigenvalue weighted by Gasteiger charge is 2.32. The highest BCUT2D eigenvalue weighted by Crippen LogP contribution is 2.31. The van der Waals surface area contributed by atoms with Crippen molar-refractivity contribution in [3.05, 3.63) is 64.6 Å². The Morgan fingerprint density at radius 3 is 2.91 bits per heavy atom. The minimum atomic E-state index is -3.96. The van der Waals surface area contributed by atoms with Crippen molar-refractivity contribution in [2.45, 2.75) is 23.2 Å². The number of fused-ring (bicyclic) bond motifs is 1. The van der Waals surface area contributed by atoms with Gasteiger partial charge in [-0.15, -0.1) is 11.3 Å². The van der Waals surface area contributed by atoms with E-state index in [2.05, 4.69) is 20.7 Å². The van der Waals surface area contributed by atoms with E-state index in [1.54, 1.807) is 30.0 Å². The van der Waals surface area contributed by atoms with Gasteiger partial charge >= 0.3 is 5.97 Å². The maximum atomic E-state index is 13.1. The summed E-state index contributed by atoms with van der Waals surface area (Å²) in [6, 6.07) is 8.56. The molecule has 0 saturated carbocycles. The number of sulfonamides is 1. The third-order valence-corrected chi connectivity index (χ3v) is 8.33. The van der Waals surface area contributed by atoms with Gasteiger partial charge in [-0.2, -0.15) is 5.26 Å². The summed E-state index contributed by atoms with van der Waals surface area (Å²) in [5.74, 6) is -0.697. The van der Waals surface area contributed by atoms with Crippen LogP contribution in [-0.2, 0) is 34.8 Å². The van der Waals surface area contributed by atoms with Gasteiger partial charge in [0.2, 0.25) is 0 Å². The molecule has 1 aromatic carbocycles. The van der Waals surface area contributed by atoms with E-state index in [9.17, 15) is 18.5 Å². The molecule has 2 aromatic heterocycles. The van der Waals surface area contributed by atoms with Crippen LogP contribution in [0.25, 0.3) is 0 Å². The zero-order chi connectivity index (χ0) is 22.9. The molecule has 1 aliphatic heterocycles. The number of carbonyl (C=O) groups is 1. The number of rotatable bonds is 6. The van der Waals surface area contributed by atoms with Crippen LogP contribution in [0.4, 0.5) is 5.69 Å². The second kappa shape index (κ2) is 8.74. The Morgan fingerprint density at radius 2 is 2.22 bits per heavy atom. The summed E-state index contributed by atoms with van der Waals surface area (Å²) in [4.78, 5) is 18.2. The lowest BCUT2D eigenvalue weighted by atomic mass is 9.96. The van der Waals surface area contributed by atoms with Crippen LogP contribution < -0.4 is 9.62 Å². The fourth-order valence-corrected chi connectivity index (χ4v) is 6.39. The number of esters is 1. The maximum absolute atomic E-state index is 13.1. The van der Waals surface area contributed by atoms with Crippen molar-refractivity contribution in [3.8, 4) is 6.07 Å². The molecule has 0 bridgehead atoms. The molecule has 0 fully saturated rings. The summed E-state index contributed by atoms with van der Waals surface area (Å²) in [5, 5.41) is 10.8. The minimum absolute atomic E-state index is 0.0136. The number of ether oxygens (including phenoxy) is 1. The van der Waals surface area contributed by atoms with Crippen LogP contribution in [0.2, 0.25) is 0 Å². The molecule has 1 N–H and O–H groups in total. The number of nitriles is 1. The molecular formula is C21H21N5O4S2. The molecule has 0 spiro atoms. The fourth-order valence-electron chi connectivity index (χ4n) is 3.82. The van der Waals surface area contributed by atoms with Gasteiger partial charge in [0.1, 0.15) is 4.21 Å². The Kier molecular flexibility index (Phi) is 6.01. The van der Waals surface area contributed by atoms with Crippen LogP contribution in [0, 0.1) is 11.3 Å². The number of aryl methyl sites for hydroxylation is 1. The predicted molar refractivity (Wildman–Crippen MR) is 119 cm³/mol. The average Bonchev–Trinajstić information content (AvgIpc) is 3.42. The Morgan fingerprint density at radius 1 is 1.41 bits per heavy atom. The zero-order valence-electron chi connectivity index (χ0n) is 17.5. The summed E-state index contributed by atoms with van der Waals surface area (Å²) in [6.07, 6.45) is 3.90. The SMILES string of the molecule is COC(=O)c1ccsc1S(=O)(=O)NC1Cc2cc(C#N)ccc2N(Cc2cncn2C)C1. The largest absolute Gasteiger partial charge is 0.465 e. The topological polar surface area (TPSA) is 117 Å². The number of thiophene rings is 1. The van der Waals surface area contributed by atoms with Gasteiger partial charge in [0.25, 0.3) is 10.0 Å². The van der Waals surface area contributed by atoms with E-state index in [0.717, 1.165) is 28.3 Å². The van der Waals surface area contributed by atoms with Crippen molar-refractivity contribution >= 4 is 33.0 Å². The van der Waals surface area contributed by atoms with E-state index < -0.39 is 22.0 Å². The van der Waals surface area contributed by atoms with Gasteiger partial charge in [-0.1, -0.05) is 0 Å². The molecule has 0 radical (unpaired) electrons. The first-order valence-corrected chi connectivity index (χ1v) is 12.1. The average molecular weight is 472 g/mol. The molecular weight excluding hydrogens is 450 g/mol. The molecule has 166 valence electrons. The van der Waals surface area contributed by atoms with Gasteiger partial charge in [0, 0.05) is 31.5 Å². The Labute approximate surface area is 189 Å². The van der Waals surface area contributed by atoms with Crippen LogP contribution >= 0.6 is 11.3 Å². The molecule has 9 nitrogen and oxygen atoms in total. The number of methoxy groups -OCH3 is 1. The summed E-state index contributed by atoms with van der Waals surface area (Å²) < 4.78 is 35.5. The van der Waals surface area contributed by atoms with Crippen molar-refractivity contribution < 1.29 is 17.9 Å². The molecule has 1 atom stereocenters. The third kappa shape index (κ3) is 4.25. The van der Waals surface area contributed by atoms with Gasteiger partial charge in [0.15, 0.2) is 0 Å². The molecule has 11 heteroatoms. The first-order chi connectivity index (χ1) is 15.3. The van der Waals surface area contributed by atoms with Gasteiger partial charge < -0.3 is 14.2 Å². The lowest BCUT2D eigenvalue weighted by Crippen LogP contribution is -2.48. The van der Waals surface area contributed by atoms with Gasteiger partial charge in [-0.05, 0) is 41.6 Å². The third-order valence-electron chi connectivity index (χ3n) is 5.33. The summed E-state index contributed by atoms with van der Waals surface area (Å²) in [7, 11) is -0.842. The Hall–Kier alpha value is -3.20. The van der Waals surface area contributed by atoms with E-state index >= 15 is 0 Å². The fraction of sp³-hybridized carbons (Fsp3) is 0.286. The van der Waals surface area contributed by atoms with E-state index in [1.165, 1.54) is 13.2 Å². The standard InChI is InChI=1S/C21H21N5O4S2/c1-25-13-23-10-17(25)12-26-11-16(8-15-7-14(9-22)3-4-19(15)26)24-32(28,29)21-18(5-6-31-21)20(27)30-2/h3-7,10,13,16,24H,8,11-12H2,1-2H3. The van der Waals surface area contributed by atoms with E-state index in [-0.39, 0.29) is 9.77 Å². The molecule has 4 rings (SSSR count). The molecule has 1 unspecified atom stereocenters. The number of benzene rings is 1. The molecule has 0 amide bonds. The van der Waals surface area contributed by atoms with Gasteiger partial charge in [-0.3, -0.25) is 0 Å². The first kappa shape index (κ1) is 22.0. The predicted octanol–water partition coefficient (Wildman–Crippen LogP) is 2.05. The number of imidazole rings is 1. The smallest absolute Gasteiger partial charge is 0.340 e. The van der Waals surface area contributed by atoms with Crippen LogP contribution in [0.15, 0.2) is 46.4 Å². The summed E-state index contributed by atoms with van der Waals surface area (Å²) >= 11 is 0.967. The van der Waals surface area contributed by atoms with Crippen molar-refractivity contribution in [3.63, 3.8) is 0 Å². The summed E-state index contributed by atoms with van der Waals surface area (Å²) in [6.45, 7) is 0.947. The second-order valence-electron chi connectivity index (χ2n) is 7.47. The van der Waals surface area contributed by atoms with Crippen molar-refractivity contribution in [2.24, 2.45) is 7.05 Å². The highest BCUT2D eigenvalue weighted by atomic mass is 32.2. The number of nitrogens with one attached hydrogen (secondary N) is 1. The zero-order valence-corrected chi connectivity index (χ0v) is 19.1. The molecule has 32 heavy (non-hydrogen) atoms. The van der Waals surface area contributed by atoms with Crippen molar-refractivity contribution in [1.82, 2.24) is 14.3 Å². The summed E-state index contributed by atoms with van der Waals surface area (Å²) in [5.41, 5.74) is 3.32. The Balaban J connectivity index is 1.65. The number of aromatic nitrogens is 2. The molecule has 1 aliphatic rings. The first-order valence-electron chi connectivity index (χ1n) is 9.73. The minimum Gasteiger partial charge on any atom is -0.465 e. The second-order valence-corrected chi connectivity index (χ2v) is 10.3. The molecule has 0 saturated heterocycles. The quantitative estimate of drug-likeness (QED) is 0.547. The van der Waals surface area contributed by atoms with Crippen LogP contribution in [0.5, 0.6) is 0 Å². The number of hydrogen-bond donors (Lipinski definition) is 1. The molecule has 0 aliphatic carbocycles. The van der Waals surface area contributed by atoms with E-state index in [0.29, 0.717) is 25.1 Å². The van der Waals surface area contributed by atoms with Crippen LogP contribution in [-0.4, -0.2) is 43.6 Å². The lowest BCUT2D eigenvalue weighted by molar-refractivity contribution is 0.0597. The van der Waals surface area contributed by atoms with E-state index in [4.69, 9.17) is 4.74 Å². The monoisotopic (exact) mass is 471 g/mol.